The van der Waals surface area contributed by atoms with Crippen molar-refractivity contribution in [3.05, 3.63) is 45.7 Å². The minimum Gasteiger partial charge on any atom is -0.349 e. The van der Waals surface area contributed by atoms with E-state index in [2.05, 4.69) is 22.9 Å². The number of nitrogens with one attached hydrogen (secondary N) is 1. The Labute approximate surface area is 129 Å². The molecule has 1 atom stereocenters. The Hall–Kier alpha value is -2.10. The minimum atomic E-state index is -0.216. The molecule has 1 amide bonds. The number of rotatable bonds is 2. The van der Waals surface area contributed by atoms with Crippen LogP contribution in [0.2, 0.25) is 0 Å². The second-order valence-electron chi connectivity index (χ2n) is 6.60. The Morgan fingerprint density at radius 1 is 1.27 bits per heavy atom. The summed E-state index contributed by atoms with van der Waals surface area (Å²) in [6, 6.07) is 6.34. The average molecular weight is 296 g/mol. The van der Waals surface area contributed by atoms with Gasteiger partial charge in [-0.15, -0.1) is 0 Å². The molecule has 1 aromatic carbocycles. The number of pyridine rings is 1. The highest BCUT2D eigenvalue weighted by molar-refractivity contribution is 5.98. The lowest BCUT2D eigenvalue weighted by Gasteiger charge is -2.15. The second-order valence-corrected chi connectivity index (χ2v) is 6.60. The van der Waals surface area contributed by atoms with Crippen LogP contribution in [0.3, 0.4) is 0 Å². The van der Waals surface area contributed by atoms with Gasteiger partial charge in [0.2, 0.25) is 5.43 Å². The first-order valence-electron chi connectivity index (χ1n) is 8.13. The molecule has 1 saturated carbocycles. The largest absolute Gasteiger partial charge is 0.349 e. The molecule has 114 valence electrons. The van der Waals surface area contributed by atoms with Gasteiger partial charge in [0.25, 0.3) is 5.91 Å². The Kier molecular flexibility index (Phi) is 3.06. The number of hydrogen-bond donors (Lipinski definition) is 1. The zero-order chi connectivity index (χ0) is 15.3. The maximum atomic E-state index is 12.7. The lowest BCUT2D eigenvalue weighted by Crippen LogP contribution is -2.36. The van der Waals surface area contributed by atoms with Crippen molar-refractivity contribution in [1.82, 2.24) is 9.88 Å². The van der Waals surface area contributed by atoms with Crippen LogP contribution >= 0.6 is 0 Å². The van der Waals surface area contributed by atoms with Crippen LogP contribution in [0.15, 0.2) is 29.2 Å². The summed E-state index contributed by atoms with van der Waals surface area (Å²) in [6.07, 6.45) is 7.04. The molecule has 2 aliphatic rings. The van der Waals surface area contributed by atoms with Crippen molar-refractivity contribution < 1.29 is 4.79 Å². The molecule has 0 spiro atoms. The number of nitrogens with zero attached hydrogens (tertiary/aromatic N) is 1. The van der Waals surface area contributed by atoms with Crippen LogP contribution in [0.5, 0.6) is 0 Å². The minimum absolute atomic E-state index is 0.141. The van der Waals surface area contributed by atoms with E-state index in [1.807, 2.05) is 12.1 Å². The molecular formula is C18H20N2O2. The zero-order valence-corrected chi connectivity index (χ0v) is 12.8. The molecule has 1 aliphatic carbocycles. The van der Waals surface area contributed by atoms with E-state index in [4.69, 9.17) is 0 Å². The van der Waals surface area contributed by atoms with Gasteiger partial charge in [0.1, 0.15) is 5.56 Å². The number of carbonyl (C=O) groups excluding carboxylic acids is 1. The fourth-order valence-corrected chi connectivity index (χ4v) is 3.91. The van der Waals surface area contributed by atoms with E-state index in [1.165, 1.54) is 5.56 Å². The molecule has 2 heterocycles. The highest BCUT2D eigenvalue weighted by Crippen LogP contribution is 2.30. The Morgan fingerprint density at radius 2 is 2.05 bits per heavy atom. The third-order valence-corrected chi connectivity index (χ3v) is 5.06. The fourth-order valence-electron chi connectivity index (χ4n) is 3.91. The van der Waals surface area contributed by atoms with Crippen LogP contribution in [-0.2, 0) is 6.42 Å². The molecule has 4 heteroatoms. The fraction of sp³-hybridized carbons (Fsp3) is 0.444. The van der Waals surface area contributed by atoms with Crippen molar-refractivity contribution in [2.75, 3.05) is 0 Å². The molecule has 1 aromatic heterocycles. The predicted molar refractivity (Wildman–Crippen MR) is 86.3 cm³/mol. The van der Waals surface area contributed by atoms with E-state index < -0.39 is 0 Å². The number of para-hydroxylation sites is 1. The second kappa shape index (κ2) is 4.97. The van der Waals surface area contributed by atoms with Crippen LogP contribution in [-0.4, -0.2) is 16.5 Å². The van der Waals surface area contributed by atoms with Crippen molar-refractivity contribution in [3.63, 3.8) is 0 Å². The lowest BCUT2D eigenvalue weighted by atomic mass is 10.1. The molecule has 0 saturated heterocycles. The van der Waals surface area contributed by atoms with Gasteiger partial charge in [-0.1, -0.05) is 25.0 Å². The van der Waals surface area contributed by atoms with E-state index in [-0.39, 0.29) is 22.9 Å². The van der Waals surface area contributed by atoms with E-state index in [1.54, 1.807) is 6.20 Å². The molecule has 0 bridgehead atoms. The summed E-state index contributed by atoms with van der Waals surface area (Å²) in [6.45, 7) is 2.13. The maximum absolute atomic E-state index is 12.7. The molecule has 4 nitrogen and oxygen atoms in total. The van der Waals surface area contributed by atoms with Crippen LogP contribution in [0, 0.1) is 0 Å². The van der Waals surface area contributed by atoms with Crippen molar-refractivity contribution >= 4 is 16.8 Å². The Bertz CT molecular complexity index is 816. The molecular weight excluding hydrogens is 276 g/mol. The molecule has 4 rings (SSSR count). The third-order valence-electron chi connectivity index (χ3n) is 5.06. The predicted octanol–water partition coefficient (Wildman–Crippen LogP) is 2.79. The number of carbonyl (C=O) groups is 1. The van der Waals surface area contributed by atoms with Crippen LogP contribution in [0.1, 0.15) is 54.6 Å². The summed E-state index contributed by atoms with van der Waals surface area (Å²) < 4.78 is 2.09. The molecule has 1 N–H and O–H groups in total. The van der Waals surface area contributed by atoms with Crippen molar-refractivity contribution in [2.24, 2.45) is 0 Å². The summed E-state index contributed by atoms with van der Waals surface area (Å²) in [5, 5.41) is 3.70. The molecule has 1 aliphatic heterocycles. The molecule has 1 fully saturated rings. The van der Waals surface area contributed by atoms with Crippen LogP contribution < -0.4 is 10.7 Å². The van der Waals surface area contributed by atoms with Gasteiger partial charge in [0.05, 0.1) is 5.52 Å². The molecule has 0 unspecified atom stereocenters. The van der Waals surface area contributed by atoms with Gasteiger partial charge in [-0.2, -0.15) is 0 Å². The normalized spacial score (nSPS) is 20.7. The number of benzene rings is 1. The van der Waals surface area contributed by atoms with E-state index in [0.717, 1.165) is 37.6 Å². The highest BCUT2D eigenvalue weighted by Gasteiger charge is 2.25. The molecule has 22 heavy (non-hydrogen) atoms. The van der Waals surface area contributed by atoms with Gasteiger partial charge in [0, 0.05) is 23.7 Å². The smallest absolute Gasteiger partial charge is 0.256 e. The first-order chi connectivity index (χ1) is 10.6. The van der Waals surface area contributed by atoms with Gasteiger partial charge in [-0.05, 0) is 37.8 Å². The van der Waals surface area contributed by atoms with Crippen molar-refractivity contribution in [2.45, 2.75) is 51.1 Å². The molecule has 0 radical (unpaired) electrons. The van der Waals surface area contributed by atoms with E-state index in [9.17, 15) is 9.59 Å². The third kappa shape index (κ3) is 1.97. The van der Waals surface area contributed by atoms with Gasteiger partial charge in [-0.25, -0.2) is 0 Å². The summed E-state index contributed by atoms with van der Waals surface area (Å²) >= 11 is 0. The van der Waals surface area contributed by atoms with Crippen molar-refractivity contribution in [3.8, 4) is 0 Å². The standard InChI is InChI=1S/C18H20N2O2/c1-11-9-12-5-4-8-14-16(12)20(11)10-15(17(14)21)18(22)19-13-6-2-3-7-13/h4-5,8,10-11,13H,2-3,6-7,9H2,1H3,(H,19,22)/t11-/m0/s1. The molecule has 2 aromatic rings. The maximum Gasteiger partial charge on any atom is 0.256 e. The zero-order valence-electron chi connectivity index (χ0n) is 12.8. The summed E-state index contributed by atoms with van der Waals surface area (Å²) in [7, 11) is 0. The Morgan fingerprint density at radius 3 is 2.82 bits per heavy atom. The highest BCUT2D eigenvalue weighted by atomic mass is 16.2. The summed E-state index contributed by atoms with van der Waals surface area (Å²) in [5.74, 6) is -0.216. The SMILES string of the molecule is C[C@H]1Cc2cccc3c(=O)c(C(=O)NC4CCCC4)cn1c23. The summed E-state index contributed by atoms with van der Waals surface area (Å²) in [5.41, 5.74) is 2.34. The van der Waals surface area contributed by atoms with Gasteiger partial charge >= 0.3 is 0 Å². The lowest BCUT2D eigenvalue weighted by molar-refractivity contribution is 0.0936. The van der Waals surface area contributed by atoms with Crippen LogP contribution in [0.4, 0.5) is 0 Å². The van der Waals surface area contributed by atoms with E-state index >= 15 is 0 Å². The number of amides is 1. The van der Waals surface area contributed by atoms with Gasteiger partial charge in [-0.3, -0.25) is 9.59 Å². The first kappa shape index (κ1) is 13.6. The first-order valence-corrected chi connectivity index (χ1v) is 8.13. The topological polar surface area (TPSA) is 51.1 Å². The van der Waals surface area contributed by atoms with Gasteiger partial charge in [0.15, 0.2) is 0 Å². The average Bonchev–Trinajstić information content (AvgIpc) is 3.11. The van der Waals surface area contributed by atoms with Crippen LogP contribution in [0.25, 0.3) is 10.9 Å². The van der Waals surface area contributed by atoms with E-state index in [0.29, 0.717) is 11.4 Å². The van der Waals surface area contributed by atoms with Gasteiger partial charge < -0.3 is 9.88 Å². The quantitative estimate of drug-likeness (QED) is 0.926. The summed E-state index contributed by atoms with van der Waals surface area (Å²) in [4.78, 5) is 25.2. The monoisotopic (exact) mass is 296 g/mol. The Balaban J connectivity index is 1.81. The number of hydrogen-bond acceptors (Lipinski definition) is 2. The van der Waals surface area contributed by atoms with Crippen molar-refractivity contribution in [1.29, 1.82) is 0 Å². The number of aromatic nitrogens is 1.